The number of aliphatic hydroxyl groups excluding tert-OH is 1. The van der Waals surface area contributed by atoms with Crippen LogP contribution in [0, 0.1) is 11.8 Å². The normalized spacial score (nSPS) is 19.0. The van der Waals surface area contributed by atoms with Gasteiger partial charge in [-0.25, -0.2) is 4.98 Å². The smallest absolute Gasteiger partial charge is 0.185 e. The molecule has 0 radical (unpaired) electrons. The lowest BCUT2D eigenvalue weighted by atomic mass is 10.0. The molecule has 0 bridgehead atoms. The first-order chi connectivity index (χ1) is 8.97. The van der Waals surface area contributed by atoms with Gasteiger partial charge >= 0.3 is 0 Å². The van der Waals surface area contributed by atoms with Crippen molar-refractivity contribution >= 4 is 16.5 Å². The van der Waals surface area contributed by atoms with Crippen molar-refractivity contribution in [2.45, 2.75) is 53.1 Å². The molecule has 0 amide bonds. The van der Waals surface area contributed by atoms with Crippen LogP contribution in [0.3, 0.4) is 0 Å². The molecule has 1 aliphatic carbocycles. The molecule has 2 rings (SSSR count). The van der Waals surface area contributed by atoms with Crippen LogP contribution in [-0.4, -0.2) is 23.2 Å². The predicted molar refractivity (Wildman–Crippen MR) is 81.9 cm³/mol. The van der Waals surface area contributed by atoms with E-state index in [2.05, 4.69) is 32.6 Å². The molecule has 1 unspecified atom stereocenters. The first kappa shape index (κ1) is 14.8. The van der Waals surface area contributed by atoms with E-state index >= 15 is 0 Å². The number of thiazole rings is 1. The number of aromatic nitrogens is 1. The monoisotopic (exact) mass is 282 g/mol. The van der Waals surface area contributed by atoms with E-state index in [1.54, 1.807) is 11.3 Å². The fourth-order valence-electron chi connectivity index (χ4n) is 2.63. The van der Waals surface area contributed by atoms with Crippen LogP contribution in [0.5, 0.6) is 0 Å². The maximum absolute atomic E-state index is 10.0. The van der Waals surface area contributed by atoms with E-state index in [9.17, 15) is 5.11 Å². The minimum Gasteiger partial charge on any atom is -0.387 e. The number of fused-ring (bicyclic) bond motifs is 1. The van der Waals surface area contributed by atoms with Crippen LogP contribution in [0.25, 0.3) is 0 Å². The topological polar surface area (TPSA) is 36.4 Å². The molecule has 1 heterocycles. The lowest BCUT2D eigenvalue weighted by Gasteiger charge is -2.25. The van der Waals surface area contributed by atoms with E-state index in [4.69, 9.17) is 4.98 Å². The van der Waals surface area contributed by atoms with Crippen molar-refractivity contribution in [2.75, 3.05) is 18.0 Å². The van der Waals surface area contributed by atoms with Crippen molar-refractivity contribution in [3.8, 4) is 0 Å². The molecular formula is C15H26N2OS. The largest absolute Gasteiger partial charge is 0.387 e. The molecule has 0 saturated carbocycles. The van der Waals surface area contributed by atoms with Crippen LogP contribution in [-0.2, 0) is 6.42 Å². The Kier molecular flexibility index (Phi) is 4.85. The van der Waals surface area contributed by atoms with Gasteiger partial charge < -0.3 is 10.0 Å². The average molecular weight is 282 g/mol. The molecule has 1 atom stereocenters. The van der Waals surface area contributed by atoms with Crippen LogP contribution in [0.2, 0.25) is 0 Å². The summed E-state index contributed by atoms with van der Waals surface area (Å²) in [4.78, 5) is 8.42. The van der Waals surface area contributed by atoms with Crippen LogP contribution < -0.4 is 4.90 Å². The van der Waals surface area contributed by atoms with Gasteiger partial charge in [0.15, 0.2) is 5.13 Å². The second-order valence-electron chi connectivity index (χ2n) is 6.41. The minimum atomic E-state index is -0.339. The third kappa shape index (κ3) is 3.69. The zero-order chi connectivity index (χ0) is 14.0. The van der Waals surface area contributed by atoms with Crippen molar-refractivity contribution in [1.82, 2.24) is 4.98 Å². The van der Waals surface area contributed by atoms with E-state index in [0.717, 1.165) is 43.2 Å². The van der Waals surface area contributed by atoms with Gasteiger partial charge in [0.2, 0.25) is 0 Å². The van der Waals surface area contributed by atoms with Gasteiger partial charge in [0.1, 0.15) is 0 Å². The Morgan fingerprint density at radius 2 is 1.89 bits per heavy atom. The molecule has 3 nitrogen and oxygen atoms in total. The van der Waals surface area contributed by atoms with E-state index in [-0.39, 0.29) is 6.10 Å². The summed E-state index contributed by atoms with van der Waals surface area (Å²) in [5, 5.41) is 11.2. The Labute approximate surface area is 120 Å². The van der Waals surface area contributed by atoms with Crippen LogP contribution in [0.4, 0.5) is 5.13 Å². The molecular weight excluding hydrogens is 256 g/mol. The molecule has 19 heavy (non-hydrogen) atoms. The molecule has 108 valence electrons. The maximum atomic E-state index is 10.0. The van der Waals surface area contributed by atoms with Gasteiger partial charge in [-0.1, -0.05) is 27.7 Å². The van der Waals surface area contributed by atoms with Crippen molar-refractivity contribution in [3.05, 3.63) is 10.6 Å². The highest BCUT2D eigenvalue weighted by Gasteiger charge is 2.25. The summed E-state index contributed by atoms with van der Waals surface area (Å²) in [5.41, 5.74) is 0.948. The van der Waals surface area contributed by atoms with Gasteiger partial charge in [0, 0.05) is 18.0 Å². The molecule has 0 aliphatic heterocycles. The van der Waals surface area contributed by atoms with Crippen molar-refractivity contribution < 1.29 is 5.11 Å². The molecule has 4 heteroatoms. The molecule has 1 aromatic heterocycles. The molecule has 1 N–H and O–H groups in total. The van der Waals surface area contributed by atoms with E-state index in [0.29, 0.717) is 11.8 Å². The van der Waals surface area contributed by atoms with Gasteiger partial charge in [0.25, 0.3) is 0 Å². The summed E-state index contributed by atoms with van der Waals surface area (Å²) in [6, 6.07) is 0. The Morgan fingerprint density at radius 1 is 1.26 bits per heavy atom. The molecule has 1 aliphatic rings. The van der Waals surface area contributed by atoms with Crippen LogP contribution >= 0.6 is 11.3 Å². The van der Waals surface area contributed by atoms with Gasteiger partial charge in [-0.2, -0.15) is 0 Å². The van der Waals surface area contributed by atoms with E-state index in [1.165, 1.54) is 4.88 Å². The van der Waals surface area contributed by atoms with Crippen LogP contribution in [0.15, 0.2) is 0 Å². The maximum Gasteiger partial charge on any atom is 0.185 e. The third-order valence-corrected chi connectivity index (χ3v) is 4.55. The van der Waals surface area contributed by atoms with Crippen LogP contribution in [0.1, 0.15) is 57.2 Å². The molecule has 0 fully saturated rings. The highest BCUT2D eigenvalue weighted by Crippen LogP contribution is 2.36. The molecule has 0 aromatic carbocycles. The standard InChI is InChI=1S/C15H26N2OS/c1-10(2)8-17(9-11(3)4)15-16-14-12(18)6-5-7-13(14)19-15/h10-12,18H,5-9H2,1-4H3. The summed E-state index contributed by atoms with van der Waals surface area (Å²) in [5.74, 6) is 1.26. The van der Waals surface area contributed by atoms with E-state index in [1.807, 2.05) is 0 Å². The Hall–Kier alpha value is -0.610. The molecule has 0 spiro atoms. The summed E-state index contributed by atoms with van der Waals surface area (Å²) in [6.07, 6.45) is 2.70. The zero-order valence-corrected chi connectivity index (χ0v) is 13.3. The summed E-state index contributed by atoms with van der Waals surface area (Å²) < 4.78 is 0. The van der Waals surface area contributed by atoms with Gasteiger partial charge in [-0.15, -0.1) is 11.3 Å². The summed E-state index contributed by atoms with van der Waals surface area (Å²) in [6.45, 7) is 11.1. The number of rotatable bonds is 5. The van der Waals surface area contributed by atoms with Crippen molar-refractivity contribution in [1.29, 1.82) is 0 Å². The Bertz CT molecular complexity index is 404. The van der Waals surface area contributed by atoms with Gasteiger partial charge in [-0.05, 0) is 31.1 Å². The highest BCUT2D eigenvalue weighted by molar-refractivity contribution is 7.15. The Morgan fingerprint density at radius 3 is 2.42 bits per heavy atom. The molecule has 0 saturated heterocycles. The third-order valence-electron chi connectivity index (χ3n) is 3.35. The fourth-order valence-corrected chi connectivity index (χ4v) is 3.81. The van der Waals surface area contributed by atoms with E-state index < -0.39 is 0 Å². The Balaban J connectivity index is 2.21. The SMILES string of the molecule is CC(C)CN(CC(C)C)c1nc2c(s1)CCCC2O. The highest BCUT2D eigenvalue weighted by atomic mass is 32.1. The number of hydrogen-bond acceptors (Lipinski definition) is 4. The molecule has 1 aromatic rings. The van der Waals surface area contributed by atoms with Gasteiger partial charge in [-0.3, -0.25) is 0 Å². The first-order valence-electron chi connectivity index (χ1n) is 7.40. The number of nitrogens with zero attached hydrogens (tertiary/aromatic N) is 2. The zero-order valence-electron chi connectivity index (χ0n) is 12.5. The number of aliphatic hydroxyl groups is 1. The van der Waals surface area contributed by atoms with Crippen molar-refractivity contribution in [3.63, 3.8) is 0 Å². The predicted octanol–water partition coefficient (Wildman–Crippen LogP) is 3.63. The second-order valence-corrected chi connectivity index (χ2v) is 7.47. The lowest BCUT2D eigenvalue weighted by molar-refractivity contribution is 0.153. The summed E-state index contributed by atoms with van der Waals surface area (Å²) in [7, 11) is 0. The first-order valence-corrected chi connectivity index (χ1v) is 8.21. The fraction of sp³-hybridized carbons (Fsp3) is 0.800. The van der Waals surface area contributed by atoms with Crippen molar-refractivity contribution in [2.24, 2.45) is 11.8 Å². The number of aryl methyl sites for hydroxylation is 1. The quantitative estimate of drug-likeness (QED) is 0.896. The second kappa shape index (κ2) is 6.23. The summed E-state index contributed by atoms with van der Waals surface area (Å²) >= 11 is 1.79. The number of anilines is 1. The van der Waals surface area contributed by atoms with Gasteiger partial charge in [0.05, 0.1) is 11.8 Å². The average Bonchev–Trinajstić information content (AvgIpc) is 2.72. The minimum absolute atomic E-state index is 0.339. The lowest BCUT2D eigenvalue weighted by Crippen LogP contribution is -2.31. The number of hydrogen-bond donors (Lipinski definition) is 1.